The second kappa shape index (κ2) is 5.26. The highest BCUT2D eigenvalue weighted by atomic mass is 32.1. The van der Waals surface area contributed by atoms with Gasteiger partial charge in [-0.15, -0.1) is 11.3 Å². The summed E-state index contributed by atoms with van der Waals surface area (Å²) >= 11 is 1.72. The molecule has 4 heteroatoms. The molecule has 1 aromatic heterocycles. The summed E-state index contributed by atoms with van der Waals surface area (Å²) in [6.07, 6.45) is 8.56. The Morgan fingerprint density at radius 1 is 1.53 bits per heavy atom. The number of thiazole rings is 1. The summed E-state index contributed by atoms with van der Waals surface area (Å²) in [5.41, 5.74) is 0. The number of aryl methyl sites for hydroxylation is 1. The average Bonchev–Trinajstić information content (AvgIpc) is 2.65. The van der Waals surface area contributed by atoms with Crippen LogP contribution in [0, 0.1) is 5.41 Å². The van der Waals surface area contributed by atoms with Crippen molar-refractivity contribution < 1.29 is 0 Å². The van der Waals surface area contributed by atoms with Gasteiger partial charge in [0.25, 0.3) is 0 Å². The van der Waals surface area contributed by atoms with Crippen molar-refractivity contribution in [2.45, 2.75) is 44.6 Å². The summed E-state index contributed by atoms with van der Waals surface area (Å²) < 4.78 is 0. The van der Waals surface area contributed by atoms with Crippen LogP contribution in [0.4, 0.5) is 0 Å². The molecule has 0 bridgehead atoms. The minimum absolute atomic E-state index is 0.490. The van der Waals surface area contributed by atoms with Gasteiger partial charge in [-0.1, -0.05) is 6.42 Å². The van der Waals surface area contributed by atoms with E-state index in [-0.39, 0.29) is 0 Å². The third kappa shape index (κ3) is 3.30. The van der Waals surface area contributed by atoms with Crippen LogP contribution < -0.4 is 5.32 Å². The number of hydrogen-bond acceptors (Lipinski definition) is 3. The SMILES string of the molecule is N=C1CCCCC(CCc2nccs2)N1. The smallest absolute Gasteiger partial charge is 0.0933 e. The standard InChI is InChI=1S/C11H17N3S/c12-10-4-2-1-3-9(14-10)5-6-11-13-7-8-15-11/h7-9H,1-6H2,(H2,12,14). The van der Waals surface area contributed by atoms with Crippen molar-refractivity contribution >= 4 is 17.2 Å². The number of amidine groups is 1. The lowest BCUT2D eigenvalue weighted by molar-refractivity contribution is 0.516. The number of nitrogens with zero attached hydrogens (tertiary/aromatic N) is 1. The number of aromatic nitrogens is 1. The van der Waals surface area contributed by atoms with Crippen LogP contribution in [-0.2, 0) is 6.42 Å². The molecule has 0 spiro atoms. The van der Waals surface area contributed by atoms with Gasteiger partial charge in [0.05, 0.1) is 10.8 Å². The van der Waals surface area contributed by atoms with Crippen molar-refractivity contribution in [3.63, 3.8) is 0 Å². The molecule has 0 aliphatic carbocycles. The lowest BCUT2D eigenvalue weighted by Crippen LogP contribution is -2.32. The van der Waals surface area contributed by atoms with E-state index in [9.17, 15) is 0 Å². The molecule has 0 saturated carbocycles. The molecule has 2 heterocycles. The van der Waals surface area contributed by atoms with Crippen molar-refractivity contribution in [2.75, 3.05) is 0 Å². The first-order valence-electron chi connectivity index (χ1n) is 5.57. The Morgan fingerprint density at radius 3 is 3.27 bits per heavy atom. The summed E-state index contributed by atoms with van der Waals surface area (Å²) in [5, 5.41) is 14.2. The molecule has 1 unspecified atom stereocenters. The molecule has 1 aliphatic heterocycles. The van der Waals surface area contributed by atoms with Crippen LogP contribution in [0.3, 0.4) is 0 Å². The van der Waals surface area contributed by atoms with Gasteiger partial charge >= 0.3 is 0 Å². The molecular weight excluding hydrogens is 206 g/mol. The second-order valence-corrected chi connectivity index (χ2v) is 5.01. The summed E-state index contributed by atoms with van der Waals surface area (Å²) in [7, 11) is 0. The zero-order chi connectivity index (χ0) is 10.5. The van der Waals surface area contributed by atoms with E-state index in [4.69, 9.17) is 5.41 Å². The van der Waals surface area contributed by atoms with Gasteiger partial charge in [-0.25, -0.2) is 4.98 Å². The maximum absolute atomic E-state index is 7.69. The third-order valence-corrected chi connectivity index (χ3v) is 3.64. The van der Waals surface area contributed by atoms with Gasteiger partial charge in [0.2, 0.25) is 0 Å². The zero-order valence-electron chi connectivity index (χ0n) is 8.83. The molecule has 1 atom stereocenters. The van der Waals surface area contributed by atoms with Gasteiger partial charge in [0.15, 0.2) is 0 Å². The highest BCUT2D eigenvalue weighted by Crippen LogP contribution is 2.15. The Balaban J connectivity index is 1.80. The molecule has 2 N–H and O–H groups in total. The highest BCUT2D eigenvalue weighted by Gasteiger charge is 2.14. The Labute approximate surface area is 94.4 Å². The molecule has 1 aromatic rings. The first-order valence-corrected chi connectivity index (χ1v) is 6.45. The van der Waals surface area contributed by atoms with Gasteiger partial charge in [-0.05, 0) is 19.3 Å². The molecule has 0 radical (unpaired) electrons. The van der Waals surface area contributed by atoms with Gasteiger partial charge in [-0.3, -0.25) is 5.41 Å². The van der Waals surface area contributed by atoms with Crippen molar-refractivity contribution in [2.24, 2.45) is 0 Å². The summed E-state index contributed by atoms with van der Waals surface area (Å²) in [5.74, 6) is 0.719. The van der Waals surface area contributed by atoms with E-state index in [0.717, 1.165) is 25.1 Å². The van der Waals surface area contributed by atoms with Crippen molar-refractivity contribution in [3.05, 3.63) is 16.6 Å². The topological polar surface area (TPSA) is 48.8 Å². The number of hydrogen-bond donors (Lipinski definition) is 2. The first kappa shape index (κ1) is 10.6. The van der Waals surface area contributed by atoms with Crippen LogP contribution in [0.2, 0.25) is 0 Å². The maximum Gasteiger partial charge on any atom is 0.0933 e. The second-order valence-electron chi connectivity index (χ2n) is 4.03. The predicted octanol–water partition coefficient (Wildman–Crippen LogP) is 2.59. The quantitative estimate of drug-likeness (QED) is 0.827. The predicted molar refractivity (Wildman–Crippen MR) is 63.6 cm³/mol. The molecule has 0 amide bonds. The van der Waals surface area contributed by atoms with E-state index < -0.39 is 0 Å². The number of rotatable bonds is 3. The van der Waals surface area contributed by atoms with E-state index in [2.05, 4.69) is 10.3 Å². The Morgan fingerprint density at radius 2 is 2.47 bits per heavy atom. The van der Waals surface area contributed by atoms with Crippen LogP contribution in [0.25, 0.3) is 0 Å². The molecule has 3 nitrogen and oxygen atoms in total. The van der Waals surface area contributed by atoms with Gasteiger partial charge in [-0.2, -0.15) is 0 Å². The number of nitrogens with one attached hydrogen (secondary N) is 2. The largest absolute Gasteiger partial charge is 0.371 e. The van der Waals surface area contributed by atoms with Gasteiger partial charge < -0.3 is 5.32 Å². The van der Waals surface area contributed by atoms with Gasteiger partial charge in [0, 0.05) is 30.5 Å². The third-order valence-electron chi connectivity index (χ3n) is 2.80. The van der Waals surface area contributed by atoms with Crippen LogP contribution in [-0.4, -0.2) is 16.9 Å². The Kier molecular flexibility index (Phi) is 3.72. The summed E-state index contributed by atoms with van der Waals surface area (Å²) in [4.78, 5) is 4.28. The van der Waals surface area contributed by atoms with Crippen LogP contribution in [0.15, 0.2) is 11.6 Å². The average molecular weight is 223 g/mol. The van der Waals surface area contributed by atoms with Crippen molar-refractivity contribution in [3.8, 4) is 0 Å². The summed E-state index contributed by atoms with van der Waals surface area (Å²) in [6.45, 7) is 0. The Hall–Kier alpha value is -0.900. The van der Waals surface area contributed by atoms with Crippen molar-refractivity contribution in [1.82, 2.24) is 10.3 Å². The fourth-order valence-corrected chi connectivity index (χ4v) is 2.61. The highest BCUT2D eigenvalue weighted by molar-refractivity contribution is 7.09. The molecule has 15 heavy (non-hydrogen) atoms. The molecular formula is C11H17N3S. The lowest BCUT2D eigenvalue weighted by Gasteiger charge is -2.15. The van der Waals surface area contributed by atoms with Crippen LogP contribution >= 0.6 is 11.3 Å². The minimum Gasteiger partial charge on any atom is -0.371 e. The minimum atomic E-state index is 0.490. The Bertz CT molecular complexity index is 308. The van der Waals surface area contributed by atoms with E-state index in [0.29, 0.717) is 6.04 Å². The van der Waals surface area contributed by atoms with E-state index in [1.807, 2.05) is 11.6 Å². The molecule has 82 valence electrons. The molecule has 0 aromatic carbocycles. The van der Waals surface area contributed by atoms with Crippen molar-refractivity contribution in [1.29, 1.82) is 5.41 Å². The maximum atomic E-state index is 7.69. The van der Waals surface area contributed by atoms with E-state index >= 15 is 0 Å². The van der Waals surface area contributed by atoms with Crippen LogP contribution in [0.1, 0.15) is 37.1 Å². The lowest BCUT2D eigenvalue weighted by atomic mass is 10.1. The summed E-state index contributed by atoms with van der Waals surface area (Å²) in [6, 6.07) is 0.490. The van der Waals surface area contributed by atoms with E-state index in [1.54, 1.807) is 11.3 Å². The molecule has 1 aliphatic rings. The monoisotopic (exact) mass is 223 g/mol. The van der Waals surface area contributed by atoms with E-state index in [1.165, 1.54) is 24.3 Å². The van der Waals surface area contributed by atoms with Crippen LogP contribution in [0.5, 0.6) is 0 Å². The molecule has 1 saturated heterocycles. The fraction of sp³-hybridized carbons (Fsp3) is 0.636. The molecule has 1 fully saturated rings. The zero-order valence-corrected chi connectivity index (χ0v) is 9.65. The fourth-order valence-electron chi connectivity index (χ4n) is 1.97. The normalized spacial score (nSPS) is 22.1. The van der Waals surface area contributed by atoms with Gasteiger partial charge in [0.1, 0.15) is 0 Å². The molecule has 2 rings (SSSR count). The first-order chi connectivity index (χ1) is 7.34.